The lowest BCUT2D eigenvalue weighted by atomic mass is 9.47. The largest absolute Gasteiger partial charge is 0.462 e. The zero-order valence-corrected chi connectivity index (χ0v) is 20.9. The highest BCUT2D eigenvalue weighted by Gasteiger charge is 2.59. The molecule has 5 heteroatoms. The number of hydrogen-bond donors (Lipinski definition) is 0. The van der Waals surface area contributed by atoms with Crippen molar-refractivity contribution >= 4 is 11.8 Å². The molecule has 4 fully saturated rings. The molecule has 0 aromatic heterocycles. The Hall–Kier alpha value is -1.20. The number of ketones is 1. The molecule has 3 saturated carbocycles. The number of ether oxygens (including phenoxy) is 2. The summed E-state index contributed by atoms with van der Waals surface area (Å²) >= 11 is 0. The maximum Gasteiger partial charge on any atom is 0.307 e. The molecule has 0 aromatic rings. The fourth-order valence-electron chi connectivity index (χ4n) is 8.71. The first-order valence-electron chi connectivity index (χ1n) is 13.5. The molecular weight excluding hydrogens is 414 g/mol. The maximum absolute atomic E-state index is 12.5. The summed E-state index contributed by atoms with van der Waals surface area (Å²) < 4.78 is 11.4. The molecule has 0 aromatic carbocycles. The minimum Gasteiger partial charge on any atom is -0.462 e. The molecule has 0 amide bonds. The van der Waals surface area contributed by atoms with Gasteiger partial charge in [0.25, 0.3) is 0 Å². The van der Waals surface area contributed by atoms with Crippen LogP contribution >= 0.6 is 0 Å². The van der Waals surface area contributed by atoms with Crippen molar-refractivity contribution in [3.8, 4) is 0 Å². The SMILES string of the molecule is CC(=O)[C@H]1CC[C@@H]2[C@H]3CC=C4C[C@@H](OC(=O)CCN5CCOCC5)CC[C@]4(C)[C@@H]3CC[C@]12C. The zero-order valence-electron chi connectivity index (χ0n) is 20.9. The number of esters is 1. The van der Waals surface area contributed by atoms with E-state index in [0.29, 0.717) is 18.1 Å². The lowest BCUT2D eigenvalue weighted by molar-refractivity contribution is -0.152. The summed E-state index contributed by atoms with van der Waals surface area (Å²) in [5.41, 5.74) is 2.00. The van der Waals surface area contributed by atoms with Crippen molar-refractivity contribution in [1.29, 1.82) is 0 Å². The van der Waals surface area contributed by atoms with Crippen molar-refractivity contribution in [2.75, 3.05) is 32.8 Å². The van der Waals surface area contributed by atoms with E-state index in [1.807, 2.05) is 6.92 Å². The molecule has 4 aliphatic carbocycles. The first-order valence-corrected chi connectivity index (χ1v) is 13.5. The summed E-state index contributed by atoms with van der Waals surface area (Å²) in [6.07, 6.45) is 12.0. The Morgan fingerprint density at radius 3 is 2.64 bits per heavy atom. The Morgan fingerprint density at radius 2 is 1.88 bits per heavy atom. The summed E-state index contributed by atoms with van der Waals surface area (Å²) in [6, 6.07) is 0. The van der Waals surface area contributed by atoms with E-state index in [9.17, 15) is 9.59 Å². The predicted octanol–water partition coefficient (Wildman–Crippen LogP) is 4.79. The Bertz CT molecular complexity index is 802. The van der Waals surface area contributed by atoms with Gasteiger partial charge in [0, 0.05) is 32.0 Å². The van der Waals surface area contributed by atoms with E-state index < -0.39 is 0 Å². The van der Waals surface area contributed by atoms with Crippen LogP contribution in [0.1, 0.15) is 78.6 Å². The lowest BCUT2D eigenvalue weighted by Crippen LogP contribution is -2.51. The third-order valence-electron chi connectivity index (χ3n) is 10.6. The van der Waals surface area contributed by atoms with Crippen LogP contribution < -0.4 is 0 Å². The second-order valence-electron chi connectivity index (χ2n) is 12.1. The topological polar surface area (TPSA) is 55.8 Å². The van der Waals surface area contributed by atoms with Gasteiger partial charge in [0.05, 0.1) is 19.6 Å². The summed E-state index contributed by atoms with van der Waals surface area (Å²) in [5.74, 6) is 2.77. The number of Topliss-reactive ketones (excluding diaryl/α,β-unsaturated/α-hetero) is 1. The average Bonchev–Trinajstić information content (AvgIpc) is 3.16. The van der Waals surface area contributed by atoms with Gasteiger partial charge in [0.15, 0.2) is 0 Å². The zero-order chi connectivity index (χ0) is 23.2. The molecule has 1 aliphatic heterocycles. The summed E-state index contributed by atoms with van der Waals surface area (Å²) in [5, 5.41) is 0. The third-order valence-corrected chi connectivity index (χ3v) is 10.6. The van der Waals surface area contributed by atoms with Crippen LogP contribution in [0.25, 0.3) is 0 Å². The predicted molar refractivity (Wildman–Crippen MR) is 128 cm³/mol. The molecule has 7 atom stereocenters. The summed E-state index contributed by atoms with van der Waals surface area (Å²) in [4.78, 5) is 27.2. The van der Waals surface area contributed by atoms with E-state index in [-0.39, 0.29) is 28.8 Å². The molecule has 0 bridgehead atoms. The number of carbonyl (C=O) groups is 2. The lowest BCUT2D eigenvalue weighted by Gasteiger charge is -2.58. The number of hydrogen-bond acceptors (Lipinski definition) is 5. The van der Waals surface area contributed by atoms with Crippen LogP contribution in [0.3, 0.4) is 0 Å². The smallest absolute Gasteiger partial charge is 0.307 e. The fourth-order valence-corrected chi connectivity index (χ4v) is 8.71. The van der Waals surface area contributed by atoms with Gasteiger partial charge in [-0.15, -0.1) is 0 Å². The third kappa shape index (κ3) is 4.22. The molecule has 33 heavy (non-hydrogen) atoms. The van der Waals surface area contributed by atoms with Crippen LogP contribution in [-0.2, 0) is 19.1 Å². The van der Waals surface area contributed by atoms with Gasteiger partial charge in [-0.05, 0) is 80.5 Å². The van der Waals surface area contributed by atoms with Crippen molar-refractivity contribution in [2.24, 2.45) is 34.5 Å². The van der Waals surface area contributed by atoms with E-state index in [2.05, 4.69) is 24.8 Å². The highest BCUT2D eigenvalue weighted by molar-refractivity contribution is 5.79. The standard InChI is InChI=1S/C28H43NO4/c1-19(30)23-6-7-24-22-5-4-20-18-21(33-26(31)10-13-29-14-16-32-17-15-29)8-11-27(20,2)25(22)9-12-28(23,24)3/h4,21-25H,5-18H2,1-3H3/t21-,22+,23+,24+,25+,27-,28+/m0/s1. The van der Waals surface area contributed by atoms with Gasteiger partial charge in [0.1, 0.15) is 11.9 Å². The molecule has 0 spiro atoms. The molecule has 5 aliphatic rings. The number of carbonyl (C=O) groups excluding carboxylic acids is 2. The van der Waals surface area contributed by atoms with Gasteiger partial charge in [-0.3, -0.25) is 14.5 Å². The minimum atomic E-state index is -0.0426. The average molecular weight is 458 g/mol. The van der Waals surface area contributed by atoms with Crippen LogP contribution in [0.2, 0.25) is 0 Å². The number of rotatable bonds is 5. The van der Waals surface area contributed by atoms with Gasteiger partial charge in [0.2, 0.25) is 0 Å². The van der Waals surface area contributed by atoms with Crippen LogP contribution in [0.15, 0.2) is 11.6 Å². The first kappa shape index (κ1) is 23.5. The van der Waals surface area contributed by atoms with E-state index >= 15 is 0 Å². The molecule has 184 valence electrons. The number of morpholine rings is 1. The van der Waals surface area contributed by atoms with Crippen molar-refractivity contribution in [3.63, 3.8) is 0 Å². The quantitative estimate of drug-likeness (QED) is 0.439. The molecule has 0 radical (unpaired) electrons. The van der Waals surface area contributed by atoms with Gasteiger partial charge >= 0.3 is 5.97 Å². The van der Waals surface area contributed by atoms with Crippen LogP contribution in [0, 0.1) is 34.5 Å². The Balaban J connectivity index is 1.21. The Morgan fingerprint density at radius 1 is 1.09 bits per heavy atom. The monoisotopic (exact) mass is 457 g/mol. The van der Waals surface area contributed by atoms with E-state index in [0.717, 1.165) is 76.8 Å². The van der Waals surface area contributed by atoms with Gasteiger partial charge < -0.3 is 9.47 Å². The van der Waals surface area contributed by atoms with Crippen LogP contribution in [0.4, 0.5) is 0 Å². The number of fused-ring (bicyclic) bond motifs is 5. The van der Waals surface area contributed by atoms with Crippen molar-refractivity contribution in [3.05, 3.63) is 11.6 Å². The number of nitrogens with zero attached hydrogens (tertiary/aromatic N) is 1. The minimum absolute atomic E-state index is 0.0421. The van der Waals surface area contributed by atoms with Crippen molar-refractivity contribution in [2.45, 2.75) is 84.7 Å². The normalized spacial score (nSPS) is 43.1. The second kappa shape index (κ2) is 9.11. The Labute approximate surface area is 199 Å². The first-order chi connectivity index (χ1) is 15.8. The van der Waals surface area contributed by atoms with E-state index in [1.165, 1.54) is 19.3 Å². The highest BCUT2D eigenvalue weighted by Crippen LogP contribution is 2.66. The maximum atomic E-state index is 12.5. The van der Waals surface area contributed by atoms with E-state index in [4.69, 9.17) is 9.47 Å². The summed E-state index contributed by atoms with van der Waals surface area (Å²) in [7, 11) is 0. The highest BCUT2D eigenvalue weighted by atomic mass is 16.5. The molecule has 1 saturated heterocycles. The van der Waals surface area contributed by atoms with Gasteiger partial charge in [-0.1, -0.05) is 25.5 Å². The molecule has 0 N–H and O–H groups in total. The molecule has 0 unspecified atom stereocenters. The van der Waals surface area contributed by atoms with Gasteiger partial charge in [-0.25, -0.2) is 0 Å². The second-order valence-corrected chi connectivity index (χ2v) is 12.1. The van der Waals surface area contributed by atoms with Crippen molar-refractivity contribution < 1.29 is 19.1 Å². The molecule has 1 heterocycles. The van der Waals surface area contributed by atoms with Gasteiger partial charge in [-0.2, -0.15) is 0 Å². The van der Waals surface area contributed by atoms with E-state index in [1.54, 1.807) is 5.57 Å². The molecular formula is C28H43NO4. The molecule has 5 rings (SSSR count). The number of allylic oxidation sites excluding steroid dienone is 1. The fraction of sp³-hybridized carbons (Fsp3) is 0.857. The summed E-state index contributed by atoms with van der Waals surface area (Å²) in [6.45, 7) is 10.9. The van der Waals surface area contributed by atoms with Crippen molar-refractivity contribution in [1.82, 2.24) is 4.90 Å². The Kier molecular flexibility index (Phi) is 6.50. The molecule has 5 nitrogen and oxygen atoms in total. The van der Waals surface area contributed by atoms with Crippen LogP contribution in [-0.4, -0.2) is 55.6 Å². The van der Waals surface area contributed by atoms with Crippen LogP contribution in [0.5, 0.6) is 0 Å².